The quantitative estimate of drug-likeness (QED) is 0.697. The molecule has 0 radical (unpaired) electrons. The molecule has 1 aromatic carbocycles. The summed E-state index contributed by atoms with van der Waals surface area (Å²) in [5.74, 6) is -1.87. The maximum Gasteiger partial charge on any atom is 0.261 e. The van der Waals surface area contributed by atoms with E-state index in [1.54, 1.807) is 12.1 Å². The topological polar surface area (TPSA) is 91.8 Å². The molecule has 0 bridgehead atoms. The number of sulfone groups is 1. The van der Waals surface area contributed by atoms with E-state index in [1.165, 1.54) is 12.1 Å². The smallest absolute Gasteiger partial charge is 0.261 e. The second kappa shape index (κ2) is 3.88. The minimum absolute atomic E-state index is 0.254. The second-order valence-electron chi connectivity index (χ2n) is 4.74. The van der Waals surface area contributed by atoms with E-state index in [-0.39, 0.29) is 16.9 Å². The van der Waals surface area contributed by atoms with Gasteiger partial charge in [0.2, 0.25) is 0 Å². The number of carbonyl (C=O) groups excluding carboxylic acids is 2. The van der Waals surface area contributed by atoms with E-state index >= 15 is 0 Å². The Hall–Kier alpha value is -1.73. The van der Waals surface area contributed by atoms with Gasteiger partial charge in [0.1, 0.15) is 0 Å². The fourth-order valence-corrected chi connectivity index (χ4v) is 4.34. The van der Waals surface area contributed by atoms with Crippen LogP contribution in [0, 0.1) is 0 Å². The molecule has 2 aliphatic rings. The first kappa shape index (κ1) is 12.3. The third-order valence-electron chi connectivity index (χ3n) is 3.45. The zero-order valence-electron chi connectivity index (χ0n) is 9.81. The lowest BCUT2D eigenvalue weighted by molar-refractivity contribution is 0.0451. The van der Waals surface area contributed by atoms with Crippen LogP contribution >= 0.6 is 0 Å². The Morgan fingerprint density at radius 1 is 1.05 bits per heavy atom. The van der Waals surface area contributed by atoms with Gasteiger partial charge in [0.15, 0.2) is 9.84 Å². The zero-order valence-corrected chi connectivity index (χ0v) is 10.6. The number of aliphatic hydroxyl groups is 1. The van der Waals surface area contributed by atoms with Crippen LogP contribution in [-0.4, -0.2) is 53.9 Å². The van der Waals surface area contributed by atoms with Crippen LogP contribution in [0.3, 0.4) is 0 Å². The Balaban J connectivity index is 2.01. The summed E-state index contributed by atoms with van der Waals surface area (Å²) in [5, 5.41) is 9.77. The van der Waals surface area contributed by atoms with Crippen LogP contribution in [0.25, 0.3) is 0 Å². The fourth-order valence-electron chi connectivity index (χ4n) is 2.57. The van der Waals surface area contributed by atoms with Crippen LogP contribution < -0.4 is 0 Å². The highest BCUT2D eigenvalue weighted by atomic mass is 32.2. The van der Waals surface area contributed by atoms with Crippen LogP contribution in [0.4, 0.5) is 0 Å². The molecule has 100 valence electrons. The standard InChI is InChI=1S/C12H11NO5S/c14-10-6-19(17,18)5-9(10)13-11(15)7-3-1-2-4-8(7)12(13)16/h1-4,9-10,14H,5-6H2/t9-,10+/m0/s1. The Labute approximate surface area is 109 Å². The second-order valence-corrected chi connectivity index (χ2v) is 6.89. The molecule has 1 fully saturated rings. The fraction of sp³-hybridized carbons (Fsp3) is 0.333. The highest BCUT2D eigenvalue weighted by molar-refractivity contribution is 7.91. The van der Waals surface area contributed by atoms with Gasteiger partial charge in [-0.25, -0.2) is 8.42 Å². The summed E-state index contributed by atoms with van der Waals surface area (Å²) in [5.41, 5.74) is 0.507. The molecule has 2 amide bonds. The third kappa shape index (κ3) is 1.77. The van der Waals surface area contributed by atoms with Gasteiger partial charge >= 0.3 is 0 Å². The van der Waals surface area contributed by atoms with Gasteiger partial charge in [0.05, 0.1) is 34.8 Å². The van der Waals surface area contributed by atoms with E-state index in [0.717, 1.165) is 4.90 Å². The first-order valence-electron chi connectivity index (χ1n) is 5.76. The van der Waals surface area contributed by atoms with Gasteiger partial charge in [0.25, 0.3) is 11.8 Å². The van der Waals surface area contributed by atoms with Crippen molar-refractivity contribution in [2.75, 3.05) is 11.5 Å². The maximum atomic E-state index is 12.1. The van der Waals surface area contributed by atoms with E-state index in [2.05, 4.69) is 0 Å². The van der Waals surface area contributed by atoms with E-state index in [1.807, 2.05) is 0 Å². The van der Waals surface area contributed by atoms with Gasteiger partial charge in [0, 0.05) is 0 Å². The Morgan fingerprint density at radius 3 is 2.00 bits per heavy atom. The molecule has 0 spiro atoms. The van der Waals surface area contributed by atoms with E-state index in [9.17, 15) is 23.1 Å². The van der Waals surface area contributed by atoms with Crippen LogP contribution in [0.5, 0.6) is 0 Å². The molecule has 0 aromatic heterocycles. The molecule has 1 saturated heterocycles. The van der Waals surface area contributed by atoms with Crippen molar-refractivity contribution in [2.24, 2.45) is 0 Å². The molecule has 0 unspecified atom stereocenters. The molecule has 19 heavy (non-hydrogen) atoms. The summed E-state index contributed by atoms with van der Waals surface area (Å²) >= 11 is 0. The number of aliphatic hydroxyl groups excluding tert-OH is 1. The number of imide groups is 1. The van der Waals surface area contributed by atoms with Crippen molar-refractivity contribution in [1.29, 1.82) is 0 Å². The average molecular weight is 281 g/mol. The number of rotatable bonds is 1. The highest BCUT2D eigenvalue weighted by Gasteiger charge is 2.48. The van der Waals surface area contributed by atoms with Gasteiger partial charge < -0.3 is 5.11 Å². The molecule has 1 aromatic rings. The minimum Gasteiger partial charge on any atom is -0.390 e. The molecule has 3 rings (SSSR count). The number of benzene rings is 1. The minimum atomic E-state index is -3.41. The van der Waals surface area contributed by atoms with Crippen molar-refractivity contribution >= 4 is 21.7 Å². The molecular weight excluding hydrogens is 270 g/mol. The van der Waals surface area contributed by atoms with Crippen molar-refractivity contribution in [3.05, 3.63) is 35.4 Å². The van der Waals surface area contributed by atoms with E-state index in [4.69, 9.17) is 0 Å². The lowest BCUT2D eigenvalue weighted by Gasteiger charge is -2.23. The van der Waals surface area contributed by atoms with Crippen molar-refractivity contribution in [1.82, 2.24) is 4.90 Å². The van der Waals surface area contributed by atoms with E-state index in [0.29, 0.717) is 0 Å². The maximum absolute atomic E-state index is 12.1. The molecule has 7 heteroatoms. The summed E-state index contributed by atoms with van der Waals surface area (Å²) in [6, 6.07) is 5.32. The number of fused-ring (bicyclic) bond motifs is 1. The molecule has 0 aliphatic carbocycles. The third-order valence-corrected chi connectivity index (χ3v) is 5.15. The monoisotopic (exact) mass is 281 g/mol. The van der Waals surface area contributed by atoms with Gasteiger partial charge in [-0.05, 0) is 12.1 Å². The number of hydrogen-bond donors (Lipinski definition) is 1. The lowest BCUT2D eigenvalue weighted by atomic mass is 10.1. The van der Waals surface area contributed by atoms with Crippen molar-refractivity contribution in [2.45, 2.75) is 12.1 Å². The zero-order chi connectivity index (χ0) is 13.8. The largest absolute Gasteiger partial charge is 0.390 e. The Kier molecular flexibility index (Phi) is 2.51. The van der Waals surface area contributed by atoms with Gasteiger partial charge in [-0.3, -0.25) is 14.5 Å². The van der Waals surface area contributed by atoms with Gasteiger partial charge in [-0.1, -0.05) is 12.1 Å². The number of nitrogens with zero attached hydrogens (tertiary/aromatic N) is 1. The molecule has 0 saturated carbocycles. The normalized spacial score (nSPS) is 28.8. The summed E-state index contributed by atoms with van der Waals surface area (Å²) in [6.07, 6.45) is -1.22. The number of hydrogen-bond acceptors (Lipinski definition) is 5. The van der Waals surface area contributed by atoms with Gasteiger partial charge in [-0.2, -0.15) is 0 Å². The summed E-state index contributed by atoms with van der Waals surface area (Å²) < 4.78 is 23.0. The van der Waals surface area contributed by atoms with Crippen LogP contribution in [-0.2, 0) is 9.84 Å². The SMILES string of the molecule is O=C1c2ccccc2C(=O)N1[C@H]1CS(=O)(=O)C[C@H]1O. The van der Waals surface area contributed by atoms with Crippen molar-refractivity contribution < 1.29 is 23.1 Å². The van der Waals surface area contributed by atoms with E-state index < -0.39 is 39.6 Å². The molecular formula is C12H11NO5S. The predicted molar refractivity (Wildman–Crippen MR) is 65.4 cm³/mol. The summed E-state index contributed by atoms with van der Waals surface area (Å²) in [6.45, 7) is 0. The first-order valence-corrected chi connectivity index (χ1v) is 7.58. The van der Waals surface area contributed by atoms with Crippen molar-refractivity contribution in [3.63, 3.8) is 0 Å². The molecule has 2 heterocycles. The summed E-state index contributed by atoms with van der Waals surface area (Å²) in [7, 11) is -3.41. The van der Waals surface area contributed by atoms with Crippen LogP contribution in [0.15, 0.2) is 24.3 Å². The summed E-state index contributed by atoms with van der Waals surface area (Å²) in [4.78, 5) is 25.2. The molecule has 2 aliphatic heterocycles. The Bertz CT molecular complexity index is 646. The molecule has 2 atom stereocenters. The first-order chi connectivity index (χ1) is 8.91. The number of carbonyl (C=O) groups is 2. The average Bonchev–Trinajstić information content (AvgIpc) is 2.75. The van der Waals surface area contributed by atoms with Crippen molar-refractivity contribution in [3.8, 4) is 0 Å². The predicted octanol–water partition coefficient (Wildman–Crippen LogP) is -0.559. The van der Waals surface area contributed by atoms with Crippen LogP contribution in [0.1, 0.15) is 20.7 Å². The number of amides is 2. The molecule has 1 N–H and O–H groups in total. The van der Waals surface area contributed by atoms with Crippen LogP contribution in [0.2, 0.25) is 0 Å². The lowest BCUT2D eigenvalue weighted by Crippen LogP contribution is -2.46. The van der Waals surface area contributed by atoms with Gasteiger partial charge in [-0.15, -0.1) is 0 Å². The highest BCUT2D eigenvalue weighted by Crippen LogP contribution is 2.28. The molecule has 6 nitrogen and oxygen atoms in total. The Morgan fingerprint density at radius 2 is 1.58 bits per heavy atom.